The second-order valence-electron chi connectivity index (χ2n) is 4.47. The van der Waals surface area contributed by atoms with Crippen LogP contribution in [0.3, 0.4) is 0 Å². The monoisotopic (exact) mass is 268 g/mol. The molecule has 1 aromatic heterocycles. The van der Waals surface area contributed by atoms with Crippen LogP contribution in [0.5, 0.6) is 0 Å². The Morgan fingerprint density at radius 2 is 2.33 bits per heavy atom. The number of H-pyrrole nitrogens is 1. The van der Waals surface area contributed by atoms with Gasteiger partial charge >= 0.3 is 0 Å². The first-order valence-corrected chi connectivity index (χ1v) is 7.67. The van der Waals surface area contributed by atoms with Crippen molar-refractivity contribution < 1.29 is 4.79 Å². The first kappa shape index (κ1) is 13.4. The fourth-order valence-corrected chi connectivity index (χ4v) is 2.88. The van der Waals surface area contributed by atoms with Gasteiger partial charge in [-0.15, -0.1) is 0 Å². The van der Waals surface area contributed by atoms with Crippen molar-refractivity contribution >= 4 is 17.7 Å². The topological polar surface area (TPSA) is 61.9 Å². The van der Waals surface area contributed by atoms with Crippen LogP contribution in [-0.4, -0.2) is 50.6 Å². The zero-order valence-corrected chi connectivity index (χ0v) is 11.6. The number of likely N-dealkylation sites (tertiary alicyclic amines) is 1. The van der Waals surface area contributed by atoms with Crippen LogP contribution < -0.4 is 0 Å². The van der Waals surface area contributed by atoms with Crippen LogP contribution in [0.1, 0.15) is 37.9 Å². The molecule has 0 bridgehead atoms. The number of hydrogen-bond donors (Lipinski definition) is 1. The summed E-state index contributed by atoms with van der Waals surface area (Å²) in [4.78, 5) is 18.1. The first-order valence-electron chi connectivity index (χ1n) is 6.52. The molecule has 1 aliphatic heterocycles. The zero-order valence-electron chi connectivity index (χ0n) is 10.8. The molecule has 0 saturated carbocycles. The zero-order chi connectivity index (χ0) is 12.8. The highest BCUT2D eigenvalue weighted by molar-refractivity contribution is 7.99. The number of aromatic amines is 1. The second kappa shape index (κ2) is 6.78. The average molecular weight is 268 g/mol. The molecular weight excluding hydrogens is 248 g/mol. The molecule has 1 amide bonds. The summed E-state index contributed by atoms with van der Waals surface area (Å²) >= 11 is 1.83. The van der Waals surface area contributed by atoms with E-state index in [1.807, 2.05) is 16.7 Å². The SMILES string of the molecule is CCSCCC(=O)N1CCC(c2ncn[nH]2)CC1. The number of carbonyl (C=O) groups is 1. The molecule has 1 saturated heterocycles. The fraction of sp³-hybridized carbons (Fsp3) is 0.750. The van der Waals surface area contributed by atoms with Crippen LogP contribution >= 0.6 is 11.8 Å². The van der Waals surface area contributed by atoms with Gasteiger partial charge in [0.15, 0.2) is 0 Å². The average Bonchev–Trinajstić information content (AvgIpc) is 2.93. The van der Waals surface area contributed by atoms with Crippen LogP contribution in [0.2, 0.25) is 0 Å². The van der Waals surface area contributed by atoms with E-state index >= 15 is 0 Å². The minimum Gasteiger partial charge on any atom is -0.343 e. The Kier molecular flexibility index (Phi) is 5.04. The van der Waals surface area contributed by atoms with E-state index in [1.54, 1.807) is 6.33 Å². The van der Waals surface area contributed by atoms with E-state index in [-0.39, 0.29) is 0 Å². The molecule has 0 radical (unpaired) electrons. The van der Waals surface area contributed by atoms with E-state index in [1.165, 1.54) is 0 Å². The number of piperidine rings is 1. The molecule has 1 N–H and O–H groups in total. The lowest BCUT2D eigenvalue weighted by atomic mass is 9.96. The van der Waals surface area contributed by atoms with Gasteiger partial charge in [0.25, 0.3) is 0 Å². The number of nitrogens with zero attached hydrogens (tertiary/aromatic N) is 3. The Hall–Kier alpha value is -1.04. The lowest BCUT2D eigenvalue weighted by Gasteiger charge is -2.31. The Morgan fingerprint density at radius 3 is 2.94 bits per heavy atom. The van der Waals surface area contributed by atoms with E-state index in [9.17, 15) is 4.79 Å². The third-order valence-electron chi connectivity index (χ3n) is 3.33. The van der Waals surface area contributed by atoms with Gasteiger partial charge in [0.05, 0.1) is 0 Å². The molecule has 1 aliphatic rings. The van der Waals surface area contributed by atoms with Gasteiger partial charge in [0, 0.05) is 31.2 Å². The normalized spacial score (nSPS) is 17.1. The van der Waals surface area contributed by atoms with Crippen LogP contribution in [0.25, 0.3) is 0 Å². The number of nitrogens with one attached hydrogen (secondary N) is 1. The van der Waals surface area contributed by atoms with Crippen molar-refractivity contribution in [2.24, 2.45) is 0 Å². The molecule has 5 nitrogen and oxygen atoms in total. The molecule has 0 spiro atoms. The number of amides is 1. The summed E-state index contributed by atoms with van der Waals surface area (Å²) in [5.41, 5.74) is 0. The highest BCUT2D eigenvalue weighted by atomic mass is 32.2. The van der Waals surface area contributed by atoms with Gasteiger partial charge in [-0.25, -0.2) is 4.98 Å². The van der Waals surface area contributed by atoms with Gasteiger partial charge in [-0.2, -0.15) is 16.9 Å². The van der Waals surface area contributed by atoms with E-state index < -0.39 is 0 Å². The minimum atomic E-state index is 0.298. The Balaban J connectivity index is 1.74. The Labute approximate surface area is 112 Å². The molecule has 100 valence electrons. The summed E-state index contributed by atoms with van der Waals surface area (Å²) in [6, 6.07) is 0. The quantitative estimate of drug-likeness (QED) is 0.825. The van der Waals surface area contributed by atoms with Crippen molar-refractivity contribution in [2.75, 3.05) is 24.6 Å². The van der Waals surface area contributed by atoms with Crippen LogP contribution in [0.4, 0.5) is 0 Å². The summed E-state index contributed by atoms with van der Waals surface area (Å²) in [6.07, 6.45) is 4.20. The predicted octanol–water partition coefficient (Wildman–Crippen LogP) is 1.65. The highest BCUT2D eigenvalue weighted by Crippen LogP contribution is 2.25. The maximum atomic E-state index is 11.9. The van der Waals surface area contributed by atoms with Gasteiger partial charge in [-0.1, -0.05) is 6.92 Å². The van der Waals surface area contributed by atoms with Crippen molar-refractivity contribution in [1.29, 1.82) is 0 Å². The molecule has 6 heteroatoms. The van der Waals surface area contributed by atoms with Gasteiger partial charge in [0.1, 0.15) is 12.2 Å². The van der Waals surface area contributed by atoms with Crippen molar-refractivity contribution in [2.45, 2.75) is 32.1 Å². The maximum Gasteiger partial charge on any atom is 0.223 e. The van der Waals surface area contributed by atoms with Crippen LogP contribution in [0, 0.1) is 0 Å². The van der Waals surface area contributed by atoms with E-state index in [4.69, 9.17) is 0 Å². The Bertz CT molecular complexity index is 360. The molecular formula is C12H20N4OS. The number of rotatable bonds is 5. The fourth-order valence-electron chi connectivity index (χ4n) is 2.28. The lowest BCUT2D eigenvalue weighted by molar-refractivity contribution is -0.131. The molecule has 0 aromatic carbocycles. The molecule has 18 heavy (non-hydrogen) atoms. The molecule has 2 rings (SSSR count). The van der Waals surface area contributed by atoms with Crippen molar-refractivity contribution in [3.63, 3.8) is 0 Å². The molecule has 1 aromatic rings. The van der Waals surface area contributed by atoms with Crippen molar-refractivity contribution in [3.8, 4) is 0 Å². The number of carbonyl (C=O) groups excluding carboxylic acids is 1. The third kappa shape index (κ3) is 3.48. The standard InChI is InChI=1S/C12H20N4OS/c1-2-18-8-5-11(17)16-6-3-10(4-7-16)12-13-9-14-15-12/h9-10H,2-8H2,1H3,(H,13,14,15). The molecule has 0 atom stereocenters. The summed E-state index contributed by atoms with van der Waals surface area (Å²) in [5, 5.41) is 6.81. The predicted molar refractivity (Wildman–Crippen MR) is 72.6 cm³/mol. The second-order valence-corrected chi connectivity index (χ2v) is 5.87. The van der Waals surface area contributed by atoms with E-state index in [2.05, 4.69) is 22.1 Å². The number of aromatic nitrogens is 3. The molecule has 0 unspecified atom stereocenters. The summed E-state index contributed by atoms with van der Waals surface area (Å²) < 4.78 is 0. The summed E-state index contributed by atoms with van der Waals surface area (Å²) in [7, 11) is 0. The Morgan fingerprint density at radius 1 is 1.56 bits per heavy atom. The van der Waals surface area contributed by atoms with Gasteiger partial charge in [-0.3, -0.25) is 9.89 Å². The summed E-state index contributed by atoms with van der Waals surface area (Å²) in [6.45, 7) is 3.82. The minimum absolute atomic E-state index is 0.298. The highest BCUT2D eigenvalue weighted by Gasteiger charge is 2.24. The number of hydrogen-bond acceptors (Lipinski definition) is 4. The number of thioether (sulfide) groups is 1. The van der Waals surface area contributed by atoms with Gasteiger partial charge in [0.2, 0.25) is 5.91 Å². The molecule has 1 fully saturated rings. The van der Waals surface area contributed by atoms with Gasteiger partial charge in [-0.05, 0) is 18.6 Å². The van der Waals surface area contributed by atoms with Crippen LogP contribution in [0.15, 0.2) is 6.33 Å². The first-order chi connectivity index (χ1) is 8.81. The maximum absolute atomic E-state index is 11.9. The summed E-state index contributed by atoms with van der Waals surface area (Å²) in [5.74, 6) is 3.72. The van der Waals surface area contributed by atoms with Gasteiger partial charge < -0.3 is 4.90 Å². The van der Waals surface area contributed by atoms with Crippen LogP contribution in [-0.2, 0) is 4.79 Å². The lowest BCUT2D eigenvalue weighted by Crippen LogP contribution is -2.38. The third-order valence-corrected chi connectivity index (χ3v) is 4.23. The van der Waals surface area contributed by atoms with Crippen molar-refractivity contribution in [3.05, 3.63) is 12.2 Å². The van der Waals surface area contributed by atoms with E-state index in [0.717, 1.165) is 43.3 Å². The smallest absolute Gasteiger partial charge is 0.223 e. The van der Waals surface area contributed by atoms with Crippen molar-refractivity contribution in [1.82, 2.24) is 20.1 Å². The molecule has 0 aliphatic carbocycles. The van der Waals surface area contributed by atoms with E-state index in [0.29, 0.717) is 18.2 Å². The largest absolute Gasteiger partial charge is 0.343 e. The molecule has 2 heterocycles.